The van der Waals surface area contributed by atoms with Crippen LogP contribution in [0.5, 0.6) is 0 Å². The number of carbonyl (C=O) groups is 2. The smallest absolute Gasteiger partial charge is 0.287 e. The number of halogens is 1. The number of aldehydes is 1. The Hall–Kier alpha value is -1.44. The molecule has 5 heteroatoms. The molecule has 2 atom stereocenters. The number of carbonyl (C=O) groups excluding carboxylic acids is 2. The first-order valence-electron chi connectivity index (χ1n) is 3.48. The Morgan fingerprint density at radius 1 is 1.75 bits per heavy atom. The number of rotatable bonds is 1. The average Bonchev–Trinajstić information content (AvgIpc) is 2.45. The molecule has 0 aromatic rings. The third-order valence-corrected chi connectivity index (χ3v) is 1.78. The second-order valence-electron chi connectivity index (χ2n) is 2.59. The zero-order valence-corrected chi connectivity index (χ0v) is 6.24. The van der Waals surface area contributed by atoms with Gasteiger partial charge in [-0.1, -0.05) is 0 Å². The minimum atomic E-state index is -1.18. The van der Waals surface area contributed by atoms with Crippen LogP contribution in [0.3, 0.4) is 0 Å². The Morgan fingerprint density at radius 2 is 2.42 bits per heavy atom. The Morgan fingerprint density at radius 3 is 2.92 bits per heavy atom. The summed E-state index contributed by atoms with van der Waals surface area (Å²) in [5, 5.41) is 8.47. The van der Waals surface area contributed by atoms with Crippen molar-refractivity contribution < 1.29 is 14.0 Å². The summed E-state index contributed by atoms with van der Waals surface area (Å²) in [6.07, 6.45) is -1.07. The van der Waals surface area contributed by atoms with Crippen LogP contribution in [-0.2, 0) is 9.59 Å². The molecule has 0 spiro atoms. The first-order chi connectivity index (χ1) is 5.69. The van der Waals surface area contributed by atoms with Gasteiger partial charge in [-0.2, -0.15) is 5.26 Å². The SMILES string of the molecule is N#C[C@@H]1C[C@H](F)CN1C(=O)C=O. The van der Waals surface area contributed by atoms with E-state index in [0.29, 0.717) is 0 Å². The third-order valence-electron chi connectivity index (χ3n) is 1.78. The van der Waals surface area contributed by atoms with Gasteiger partial charge in [0.05, 0.1) is 12.6 Å². The fourth-order valence-electron chi connectivity index (χ4n) is 1.22. The van der Waals surface area contributed by atoms with Crippen molar-refractivity contribution in [3.8, 4) is 6.07 Å². The first kappa shape index (κ1) is 8.65. The van der Waals surface area contributed by atoms with Gasteiger partial charge in [0.15, 0.2) is 0 Å². The highest BCUT2D eigenvalue weighted by Crippen LogP contribution is 2.19. The zero-order valence-electron chi connectivity index (χ0n) is 6.24. The molecule has 0 bridgehead atoms. The van der Waals surface area contributed by atoms with Crippen LogP contribution in [0, 0.1) is 11.3 Å². The van der Waals surface area contributed by atoms with E-state index >= 15 is 0 Å². The second-order valence-corrected chi connectivity index (χ2v) is 2.59. The largest absolute Gasteiger partial charge is 0.317 e. The minimum Gasteiger partial charge on any atom is -0.317 e. The lowest BCUT2D eigenvalue weighted by atomic mass is 10.2. The lowest BCUT2D eigenvalue weighted by molar-refractivity contribution is -0.138. The fraction of sp³-hybridized carbons (Fsp3) is 0.571. The van der Waals surface area contributed by atoms with Crippen molar-refractivity contribution in [2.75, 3.05) is 6.54 Å². The van der Waals surface area contributed by atoms with Crippen LogP contribution in [0.1, 0.15) is 6.42 Å². The van der Waals surface area contributed by atoms with E-state index in [2.05, 4.69) is 0 Å². The molecule has 1 saturated heterocycles. The predicted molar refractivity (Wildman–Crippen MR) is 36.7 cm³/mol. The maximum atomic E-state index is 12.6. The number of amides is 1. The van der Waals surface area contributed by atoms with E-state index in [0.717, 1.165) is 4.90 Å². The van der Waals surface area contributed by atoms with E-state index in [1.54, 1.807) is 6.07 Å². The number of hydrogen-bond donors (Lipinski definition) is 0. The molecule has 0 radical (unpaired) electrons. The highest BCUT2D eigenvalue weighted by molar-refractivity contribution is 6.23. The Balaban J connectivity index is 2.71. The van der Waals surface area contributed by atoms with Crippen molar-refractivity contribution >= 4 is 12.2 Å². The van der Waals surface area contributed by atoms with Crippen LogP contribution in [0.4, 0.5) is 4.39 Å². The summed E-state index contributed by atoms with van der Waals surface area (Å²) in [4.78, 5) is 21.8. The summed E-state index contributed by atoms with van der Waals surface area (Å²) in [6, 6.07) is 0.986. The minimum absolute atomic E-state index is 0.01000. The number of alkyl halides is 1. The van der Waals surface area contributed by atoms with Gasteiger partial charge in [0.2, 0.25) is 6.29 Å². The molecule has 12 heavy (non-hydrogen) atoms. The molecule has 0 aromatic heterocycles. The quantitative estimate of drug-likeness (QED) is 0.399. The van der Waals surface area contributed by atoms with E-state index in [1.807, 2.05) is 0 Å². The standard InChI is InChI=1S/C7H7FN2O2/c8-5-1-6(2-9)10(3-5)7(12)4-11/h4-6H,1,3H2/t5-,6-/m0/s1. The molecule has 0 unspecified atom stereocenters. The molecule has 1 fully saturated rings. The van der Waals surface area contributed by atoms with Crippen LogP contribution in [0.15, 0.2) is 0 Å². The van der Waals surface area contributed by atoms with Crippen LogP contribution in [0.25, 0.3) is 0 Å². The predicted octanol–water partition coefficient (Wildman–Crippen LogP) is -0.352. The van der Waals surface area contributed by atoms with Gasteiger partial charge < -0.3 is 4.90 Å². The highest BCUT2D eigenvalue weighted by atomic mass is 19.1. The van der Waals surface area contributed by atoms with E-state index in [4.69, 9.17) is 5.26 Å². The molecule has 1 aliphatic rings. The van der Waals surface area contributed by atoms with Crippen LogP contribution in [-0.4, -0.2) is 35.9 Å². The van der Waals surface area contributed by atoms with Crippen molar-refractivity contribution in [3.63, 3.8) is 0 Å². The molecular weight excluding hydrogens is 163 g/mol. The normalized spacial score (nSPS) is 28.2. The van der Waals surface area contributed by atoms with E-state index in [9.17, 15) is 14.0 Å². The maximum Gasteiger partial charge on any atom is 0.287 e. The van der Waals surface area contributed by atoms with Gasteiger partial charge in [-0.05, 0) is 0 Å². The van der Waals surface area contributed by atoms with E-state index in [-0.39, 0.29) is 19.3 Å². The van der Waals surface area contributed by atoms with Gasteiger partial charge in [0.25, 0.3) is 5.91 Å². The van der Waals surface area contributed by atoms with Crippen molar-refractivity contribution in [1.82, 2.24) is 4.90 Å². The Bertz CT molecular complexity index is 248. The van der Waals surface area contributed by atoms with Gasteiger partial charge >= 0.3 is 0 Å². The number of nitriles is 1. The lowest BCUT2D eigenvalue weighted by Gasteiger charge is -2.14. The molecule has 0 aliphatic carbocycles. The second kappa shape index (κ2) is 3.30. The molecule has 0 N–H and O–H groups in total. The monoisotopic (exact) mass is 170 g/mol. The maximum absolute atomic E-state index is 12.6. The molecule has 1 heterocycles. The van der Waals surface area contributed by atoms with Crippen LogP contribution in [0.2, 0.25) is 0 Å². The van der Waals surface area contributed by atoms with Gasteiger partial charge in [-0.15, -0.1) is 0 Å². The van der Waals surface area contributed by atoms with Crippen LogP contribution >= 0.6 is 0 Å². The summed E-state index contributed by atoms with van der Waals surface area (Å²) in [6.45, 7) is -0.143. The van der Waals surface area contributed by atoms with Crippen molar-refractivity contribution in [3.05, 3.63) is 0 Å². The van der Waals surface area contributed by atoms with Gasteiger partial charge in [0, 0.05) is 6.42 Å². The number of hydrogen-bond acceptors (Lipinski definition) is 3. The average molecular weight is 170 g/mol. The third kappa shape index (κ3) is 1.42. The number of nitrogens with zero attached hydrogens (tertiary/aromatic N) is 2. The highest BCUT2D eigenvalue weighted by Gasteiger charge is 2.34. The summed E-state index contributed by atoms with van der Waals surface area (Å²) in [5.41, 5.74) is 0. The van der Waals surface area contributed by atoms with Crippen molar-refractivity contribution in [2.45, 2.75) is 18.6 Å². The van der Waals surface area contributed by atoms with E-state index < -0.39 is 18.1 Å². The van der Waals surface area contributed by atoms with Gasteiger partial charge in [-0.3, -0.25) is 9.59 Å². The fourth-order valence-corrected chi connectivity index (χ4v) is 1.22. The zero-order chi connectivity index (χ0) is 9.14. The van der Waals surface area contributed by atoms with E-state index in [1.165, 1.54) is 0 Å². The van der Waals surface area contributed by atoms with Crippen molar-refractivity contribution in [1.29, 1.82) is 5.26 Å². The Labute approximate surface area is 68.6 Å². The molecular formula is C7H7FN2O2. The molecule has 64 valence electrons. The molecule has 1 amide bonds. The number of likely N-dealkylation sites (tertiary alicyclic amines) is 1. The molecule has 0 aromatic carbocycles. The molecule has 4 nitrogen and oxygen atoms in total. The Kier molecular flexibility index (Phi) is 2.38. The van der Waals surface area contributed by atoms with Gasteiger partial charge in [0.1, 0.15) is 12.2 Å². The first-order valence-corrected chi connectivity index (χ1v) is 3.48. The summed E-state index contributed by atoms with van der Waals surface area (Å²) in [5.74, 6) is -0.818. The van der Waals surface area contributed by atoms with Gasteiger partial charge in [-0.25, -0.2) is 4.39 Å². The summed E-state index contributed by atoms with van der Waals surface area (Å²) >= 11 is 0. The molecule has 0 saturated carbocycles. The molecule has 1 rings (SSSR count). The summed E-state index contributed by atoms with van der Waals surface area (Å²) < 4.78 is 12.6. The molecule has 1 aliphatic heterocycles. The van der Waals surface area contributed by atoms with Crippen LogP contribution < -0.4 is 0 Å². The summed E-state index contributed by atoms with van der Waals surface area (Å²) in [7, 11) is 0. The topological polar surface area (TPSA) is 61.2 Å². The lowest BCUT2D eigenvalue weighted by Crippen LogP contribution is -2.35. The van der Waals surface area contributed by atoms with Crippen molar-refractivity contribution in [2.24, 2.45) is 0 Å².